The summed E-state index contributed by atoms with van der Waals surface area (Å²) in [6.45, 7) is -0.554. The van der Waals surface area contributed by atoms with Gasteiger partial charge >= 0.3 is 5.97 Å². The number of para-hydroxylation sites is 2. The average molecular weight is 487 g/mol. The third-order valence-corrected chi connectivity index (χ3v) is 7.76. The van der Waals surface area contributed by atoms with Gasteiger partial charge in [0, 0.05) is 24.7 Å². The Morgan fingerprint density at radius 3 is 2.47 bits per heavy atom. The monoisotopic (exact) mass is 486 g/mol. The Morgan fingerprint density at radius 1 is 1.06 bits per heavy atom. The van der Waals surface area contributed by atoms with Crippen LogP contribution in [0.1, 0.15) is 37.7 Å². The molecule has 1 aliphatic rings. The fourth-order valence-electron chi connectivity index (χ4n) is 3.92. The first-order valence-electron chi connectivity index (χ1n) is 11.2. The topological polar surface area (TPSA) is 102 Å². The van der Waals surface area contributed by atoms with E-state index < -0.39 is 28.5 Å². The van der Waals surface area contributed by atoms with Crippen molar-refractivity contribution in [3.05, 3.63) is 60.2 Å². The van der Waals surface area contributed by atoms with Gasteiger partial charge in [0.15, 0.2) is 6.61 Å². The van der Waals surface area contributed by atoms with Crippen molar-refractivity contribution in [3.8, 4) is 5.75 Å². The molecule has 0 radical (unpaired) electrons. The van der Waals surface area contributed by atoms with E-state index in [1.54, 1.807) is 37.4 Å². The number of amides is 1. The van der Waals surface area contributed by atoms with Crippen LogP contribution in [-0.2, 0) is 24.3 Å². The molecule has 0 spiro atoms. The Morgan fingerprint density at radius 2 is 1.74 bits per heavy atom. The van der Waals surface area contributed by atoms with E-state index in [1.807, 2.05) is 6.07 Å². The lowest BCUT2D eigenvalue weighted by molar-refractivity contribution is -0.142. The van der Waals surface area contributed by atoms with Crippen LogP contribution in [0, 0.1) is 0 Å². The molecule has 0 bridgehead atoms. The van der Waals surface area contributed by atoms with Crippen LogP contribution < -0.4 is 10.1 Å². The number of anilines is 1. The van der Waals surface area contributed by atoms with Gasteiger partial charge in [-0.2, -0.15) is 4.31 Å². The highest BCUT2D eigenvalue weighted by Crippen LogP contribution is 2.29. The predicted molar refractivity (Wildman–Crippen MR) is 130 cm³/mol. The molecule has 3 rings (SSSR count). The molecule has 2 aromatic carbocycles. The first-order valence-corrected chi connectivity index (χ1v) is 12.6. The Balaban J connectivity index is 1.62. The van der Waals surface area contributed by atoms with Gasteiger partial charge in [-0.15, -0.1) is 0 Å². The van der Waals surface area contributed by atoms with Gasteiger partial charge in [0.1, 0.15) is 10.6 Å². The van der Waals surface area contributed by atoms with E-state index in [9.17, 15) is 18.0 Å². The minimum absolute atomic E-state index is 0.0128. The zero-order valence-electron chi connectivity index (χ0n) is 19.4. The van der Waals surface area contributed by atoms with Crippen LogP contribution in [0.4, 0.5) is 5.69 Å². The van der Waals surface area contributed by atoms with E-state index in [0.717, 1.165) is 32.1 Å². The zero-order chi connectivity index (χ0) is 24.6. The second kappa shape index (κ2) is 11.8. The molecule has 34 heavy (non-hydrogen) atoms. The Labute approximate surface area is 200 Å². The SMILES string of the molecule is COc1ccccc1/C=C/C(=O)OCC(=O)Nc1ccccc1S(=O)(=O)N(C)C1CCCCC1. The molecule has 1 amide bonds. The van der Waals surface area contributed by atoms with Crippen molar-refractivity contribution >= 4 is 33.7 Å². The summed E-state index contributed by atoms with van der Waals surface area (Å²) in [4.78, 5) is 24.4. The lowest BCUT2D eigenvalue weighted by atomic mass is 9.96. The minimum atomic E-state index is -3.80. The molecule has 0 heterocycles. The number of benzene rings is 2. The summed E-state index contributed by atoms with van der Waals surface area (Å²) in [5.41, 5.74) is 0.836. The van der Waals surface area contributed by atoms with Gasteiger partial charge in [-0.3, -0.25) is 4.79 Å². The van der Waals surface area contributed by atoms with Crippen LogP contribution in [0.3, 0.4) is 0 Å². The number of sulfonamides is 1. The van der Waals surface area contributed by atoms with E-state index in [0.29, 0.717) is 11.3 Å². The van der Waals surface area contributed by atoms with E-state index >= 15 is 0 Å². The highest BCUT2D eigenvalue weighted by atomic mass is 32.2. The normalized spacial score (nSPS) is 14.8. The second-order valence-electron chi connectivity index (χ2n) is 8.04. The highest BCUT2D eigenvalue weighted by Gasteiger charge is 2.31. The number of ether oxygens (including phenoxy) is 2. The van der Waals surface area contributed by atoms with Crippen LogP contribution in [0.15, 0.2) is 59.5 Å². The number of nitrogens with zero attached hydrogens (tertiary/aromatic N) is 1. The Kier molecular flexibility index (Phi) is 8.84. The van der Waals surface area contributed by atoms with Crippen LogP contribution in [0.25, 0.3) is 6.08 Å². The highest BCUT2D eigenvalue weighted by molar-refractivity contribution is 7.89. The molecular formula is C25H30N2O6S. The van der Waals surface area contributed by atoms with Crippen molar-refractivity contribution < 1.29 is 27.5 Å². The molecular weight excluding hydrogens is 456 g/mol. The number of hydrogen-bond donors (Lipinski definition) is 1. The van der Waals surface area contributed by atoms with E-state index in [-0.39, 0.29) is 16.6 Å². The molecule has 8 nitrogen and oxygen atoms in total. The van der Waals surface area contributed by atoms with Crippen molar-refractivity contribution in [2.45, 2.75) is 43.0 Å². The van der Waals surface area contributed by atoms with Crippen LogP contribution in [0.2, 0.25) is 0 Å². The molecule has 182 valence electrons. The van der Waals surface area contributed by atoms with Crippen LogP contribution >= 0.6 is 0 Å². The van der Waals surface area contributed by atoms with Crippen LogP contribution in [0.5, 0.6) is 5.75 Å². The lowest BCUT2D eigenvalue weighted by Crippen LogP contribution is -2.38. The fraction of sp³-hybridized carbons (Fsp3) is 0.360. The van der Waals surface area contributed by atoms with Gasteiger partial charge < -0.3 is 14.8 Å². The average Bonchev–Trinajstić information content (AvgIpc) is 2.86. The number of carbonyl (C=O) groups excluding carboxylic acids is 2. The van der Waals surface area contributed by atoms with Gasteiger partial charge in [-0.05, 0) is 37.1 Å². The molecule has 1 aliphatic carbocycles. The summed E-state index contributed by atoms with van der Waals surface area (Å²) in [6.07, 6.45) is 7.49. The second-order valence-corrected chi connectivity index (χ2v) is 10.0. The first-order chi connectivity index (χ1) is 16.3. The summed E-state index contributed by atoms with van der Waals surface area (Å²) < 4.78 is 38.1. The van der Waals surface area contributed by atoms with Gasteiger partial charge in [-0.1, -0.05) is 49.6 Å². The van der Waals surface area contributed by atoms with Gasteiger partial charge in [0.2, 0.25) is 10.0 Å². The molecule has 9 heteroatoms. The number of methoxy groups -OCH3 is 1. The van der Waals surface area contributed by atoms with Gasteiger partial charge in [0.25, 0.3) is 5.91 Å². The smallest absolute Gasteiger partial charge is 0.331 e. The minimum Gasteiger partial charge on any atom is -0.496 e. The molecule has 0 aliphatic heterocycles. The van der Waals surface area contributed by atoms with Crippen molar-refractivity contribution in [3.63, 3.8) is 0 Å². The molecule has 0 saturated heterocycles. The van der Waals surface area contributed by atoms with Crippen molar-refractivity contribution in [2.75, 3.05) is 26.1 Å². The third kappa shape index (κ3) is 6.45. The maximum absolute atomic E-state index is 13.2. The number of carbonyl (C=O) groups is 2. The van der Waals surface area contributed by atoms with Crippen LogP contribution in [-0.4, -0.2) is 51.4 Å². The van der Waals surface area contributed by atoms with Crippen molar-refractivity contribution in [1.82, 2.24) is 4.31 Å². The largest absolute Gasteiger partial charge is 0.496 e. The number of esters is 1. The standard InChI is InChI=1S/C25H30N2O6S/c1-27(20-11-4-3-5-12-20)34(30,31)23-15-9-7-13-21(23)26-24(28)18-33-25(29)17-16-19-10-6-8-14-22(19)32-2/h6-10,13-17,20H,3-5,11-12,18H2,1-2H3,(H,26,28)/b17-16+. The van der Waals surface area contributed by atoms with E-state index in [1.165, 1.54) is 35.7 Å². The molecule has 0 atom stereocenters. The molecule has 1 saturated carbocycles. The maximum atomic E-state index is 13.2. The Bertz CT molecular complexity index is 1140. The van der Waals surface area contributed by atoms with Gasteiger partial charge in [-0.25, -0.2) is 13.2 Å². The summed E-state index contributed by atoms with van der Waals surface area (Å²) in [5, 5.41) is 2.56. The van der Waals surface area contributed by atoms with E-state index in [2.05, 4.69) is 5.32 Å². The summed E-state index contributed by atoms with van der Waals surface area (Å²) >= 11 is 0. The molecule has 2 aromatic rings. The molecule has 0 unspecified atom stereocenters. The molecule has 1 N–H and O–H groups in total. The van der Waals surface area contributed by atoms with Crippen molar-refractivity contribution in [1.29, 1.82) is 0 Å². The quantitative estimate of drug-likeness (QED) is 0.427. The van der Waals surface area contributed by atoms with Crippen molar-refractivity contribution in [2.24, 2.45) is 0 Å². The maximum Gasteiger partial charge on any atom is 0.331 e. The first kappa shape index (κ1) is 25.5. The summed E-state index contributed by atoms with van der Waals surface area (Å²) in [6, 6.07) is 13.3. The summed E-state index contributed by atoms with van der Waals surface area (Å²) in [7, 11) is -0.693. The number of rotatable bonds is 9. The molecule has 1 fully saturated rings. The number of nitrogens with one attached hydrogen (secondary N) is 1. The lowest BCUT2D eigenvalue weighted by Gasteiger charge is -2.30. The zero-order valence-corrected chi connectivity index (χ0v) is 20.2. The third-order valence-electron chi connectivity index (χ3n) is 5.79. The Hall–Kier alpha value is -3.17. The summed E-state index contributed by atoms with van der Waals surface area (Å²) in [5.74, 6) is -0.749. The predicted octanol–water partition coefficient (Wildman–Crippen LogP) is 3.84. The van der Waals surface area contributed by atoms with Gasteiger partial charge in [0.05, 0.1) is 12.8 Å². The molecule has 0 aromatic heterocycles. The number of hydrogen-bond acceptors (Lipinski definition) is 6. The fourth-order valence-corrected chi connectivity index (χ4v) is 5.48. The van der Waals surface area contributed by atoms with E-state index in [4.69, 9.17) is 9.47 Å².